The number of nitrogens with one attached hydrogen (secondary N) is 1. The van der Waals surface area contributed by atoms with Crippen LogP contribution in [0.5, 0.6) is 0 Å². The topological polar surface area (TPSA) is 58.9 Å². The molecule has 0 radical (unpaired) electrons. The van der Waals surface area contributed by atoms with E-state index in [9.17, 15) is 0 Å². The summed E-state index contributed by atoms with van der Waals surface area (Å²) in [6, 6.07) is 0. The lowest BCUT2D eigenvalue weighted by atomic mass is 10.2. The standard InChI is InChI=1S/C14H28N6S/c1-13(2)12-15-6-10-20-14(16-17-18-20)21-11-5-9-19-7-3-4-8-19/h13,15H,3-12H2,1-2H3. The zero-order valence-corrected chi connectivity index (χ0v) is 14.1. The van der Waals surface area contributed by atoms with Crippen molar-refractivity contribution in [1.29, 1.82) is 0 Å². The summed E-state index contributed by atoms with van der Waals surface area (Å²) in [5.74, 6) is 1.77. The summed E-state index contributed by atoms with van der Waals surface area (Å²) < 4.78 is 1.91. The maximum atomic E-state index is 4.12. The van der Waals surface area contributed by atoms with E-state index in [1.807, 2.05) is 4.68 Å². The molecule has 1 fully saturated rings. The molecule has 1 N–H and O–H groups in total. The normalized spacial score (nSPS) is 16.1. The molecule has 120 valence electrons. The third kappa shape index (κ3) is 6.32. The van der Waals surface area contributed by atoms with Crippen molar-refractivity contribution in [2.45, 2.75) is 44.8 Å². The van der Waals surface area contributed by atoms with Crippen molar-refractivity contribution >= 4 is 11.8 Å². The molecule has 1 aromatic rings. The minimum Gasteiger partial charge on any atom is -0.315 e. The molecule has 21 heavy (non-hydrogen) atoms. The zero-order chi connectivity index (χ0) is 14.9. The number of aromatic nitrogens is 4. The lowest BCUT2D eigenvalue weighted by Crippen LogP contribution is -2.24. The van der Waals surface area contributed by atoms with E-state index >= 15 is 0 Å². The van der Waals surface area contributed by atoms with Crippen LogP contribution in [0.1, 0.15) is 33.1 Å². The van der Waals surface area contributed by atoms with E-state index in [4.69, 9.17) is 0 Å². The second kappa shape index (κ2) is 9.38. The van der Waals surface area contributed by atoms with Crippen LogP contribution in [0.4, 0.5) is 0 Å². The predicted octanol–water partition coefficient (Wildman–Crippen LogP) is 1.50. The third-order valence-corrected chi connectivity index (χ3v) is 4.64. The second-order valence-electron chi connectivity index (χ2n) is 6.03. The highest BCUT2D eigenvalue weighted by Gasteiger charge is 2.11. The van der Waals surface area contributed by atoms with Crippen LogP contribution in [0, 0.1) is 5.92 Å². The van der Waals surface area contributed by atoms with Gasteiger partial charge in [-0.05, 0) is 61.8 Å². The first-order chi connectivity index (χ1) is 10.3. The van der Waals surface area contributed by atoms with Gasteiger partial charge in [0.15, 0.2) is 0 Å². The molecule has 0 amide bonds. The summed E-state index contributed by atoms with van der Waals surface area (Å²) in [4.78, 5) is 2.55. The molecule has 2 rings (SSSR count). The highest BCUT2D eigenvalue weighted by atomic mass is 32.2. The number of hydrogen-bond donors (Lipinski definition) is 1. The van der Waals surface area contributed by atoms with Gasteiger partial charge in [0.1, 0.15) is 0 Å². The Morgan fingerprint density at radius 2 is 2.05 bits per heavy atom. The molecular weight excluding hydrogens is 284 g/mol. The van der Waals surface area contributed by atoms with Crippen LogP contribution in [-0.2, 0) is 6.54 Å². The number of rotatable bonds is 10. The van der Waals surface area contributed by atoms with E-state index in [-0.39, 0.29) is 0 Å². The van der Waals surface area contributed by atoms with E-state index in [0.29, 0.717) is 5.92 Å². The summed E-state index contributed by atoms with van der Waals surface area (Å²) in [6.07, 6.45) is 3.95. The molecule has 1 saturated heterocycles. The Hall–Kier alpha value is -0.660. The molecule has 6 nitrogen and oxygen atoms in total. The zero-order valence-electron chi connectivity index (χ0n) is 13.3. The van der Waals surface area contributed by atoms with Crippen molar-refractivity contribution in [3.05, 3.63) is 0 Å². The molecular formula is C14H28N6S. The Morgan fingerprint density at radius 3 is 2.81 bits per heavy atom. The molecule has 7 heteroatoms. The first-order valence-corrected chi connectivity index (χ1v) is 9.06. The predicted molar refractivity (Wildman–Crippen MR) is 86.5 cm³/mol. The maximum absolute atomic E-state index is 4.12. The molecule has 0 saturated carbocycles. The van der Waals surface area contributed by atoms with Gasteiger partial charge in [0, 0.05) is 12.3 Å². The monoisotopic (exact) mass is 312 g/mol. The molecule has 1 aliphatic rings. The van der Waals surface area contributed by atoms with Crippen molar-refractivity contribution in [2.75, 3.05) is 38.5 Å². The summed E-state index contributed by atoms with van der Waals surface area (Å²) >= 11 is 1.77. The number of thioether (sulfide) groups is 1. The smallest absolute Gasteiger partial charge is 0.209 e. The van der Waals surface area contributed by atoms with Gasteiger partial charge >= 0.3 is 0 Å². The van der Waals surface area contributed by atoms with Gasteiger partial charge in [0.2, 0.25) is 5.16 Å². The largest absolute Gasteiger partial charge is 0.315 e. The Balaban J connectivity index is 1.60. The van der Waals surface area contributed by atoms with Crippen molar-refractivity contribution in [2.24, 2.45) is 5.92 Å². The molecule has 0 aromatic carbocycles. The van der Waals surface area contributed by atoms with Gasteiger partial charge in [0.25, 0.3) is 0 Å². The average molecular weight is 312 g/mol. The number of nitrogens with zero attached hydrogens (tertiary/aromatic N) is 5. The second-order valence-corrected chi connectivity index (χ2v) is 7.10. The molecule has 0 atom stereocenters. The molecule has 0 bridgehead atoms. The van der Waals surface area contributed by atoms with Crippen LogP contribution in [0.15, 0.2) is 5.16 Å². The molecule has 1 aliphatic heterocycles. The van der Waals surface area contributed by atoms with E-state index < -0.39 is 0 Å². The fourth-order valence-corrected chi connectivity index (χ4v) is 3.30. The summed E-state index contributed by atoms with van der Waals surface area (Å²) in [7, 11) is 0. The Kier molecular flexibility index (Phi) is 7.46. The molecule has 0 spiro atoms. The first-order valence-electron chi connectivity index (χ1n) is 8.07. The molecule has 0 unspecified atom stereocenters. The van der Waals surface area contributed by atoms with Crippen LogP contribution in [0.3, 0.4) is 0 Å². The van der Waals surface area contributed by atoms with Crippen LogP contribution in [0.25, 0.3) is 0 Å². The minimum absolute atomic E-state index is 0.679. The van der Waals surface area contributed by atoms with Gasteiger partial charge in [-0.3, -0.25) is 0 Å². The molecule has 1 aromatic heterocycles. The van der Waals surface area contributed by atoms with E-state index in [0.717, 1.165) is 30.5 Å². The third-order valence-electron chi connectivity index (χ3n) is 3.60. The van der Waals surface area contributed by atoms with Crippen LogP contribution >= 0.6 is 11.8 Å². The summed E-state index contributed by atoms with van der Waals surface area (Å²) in [5, 5.41) is 16.4. The van der Waals surface area contributed by atoms with Gasteiger partial charge < -0.3 is 10.2 Å². The lowest BCUT2D eigenvalue weighted by Gasteiger charge is -2.13. The number of hydrogen-bond acceptors (Lipinski definition) is 6. The number of likely N-dealkylation sites (tertiary alicyclic amines) is 1. The van der Waals surface area contributed by atoms with Crippen molar-refractivity contribution < 1.29 is 0 Å². The highest BCUT2D eigenvalue weighted by molar-refractivity contribution is 7.99. The van der Waals surface area contributed by atoms with Crippen molar-refractivity contribution in [1.82, 2.24) is 30.4 Å². The Labute approximate surface area is 132 Å². The van der Waals surface area contributed by atoms with Gasteiger partial charge in [0.05, 0.1) is 6.54 Å². The highest BCUT2D eigenvalue weighted by Crippen LogP contribution is 2.15. The van der Waals surface area contributed by atoms with Gasteiger partial charge in [-0.15, -0.1) is 5.10 Å². The quantitative estimate of drug-likeness (QED) is 0.522. The van der Waals surface area contributed by atoms with Crippen molar-refractivity contribution in [3.8, 4) is 0 Å². The average Bonchev–Trinajstić information content (AvgIpc) is 3.11. The number of tetrazole rings is 1. The molecule has 2 heterocycles. The minimum atomic E-state index is 0.679. The van der Waals surface area contributed by atoms with Crippen LogP contribution < -0.4 is 5.32 Å². The van der Waals surface area contributed by atoms with Gasteiger partial charge in [-0.1, -0.05) is 25.6 Å². The Bertz CT molecular complexity index is 389. The SMILES string of the molecule is CC(C)CNCCn1nnnc1SCCCN1CCCC1. The van der Waals surface area contributed by atoms with E-state index in [1.54, 1.807) is 11.8 Å². The molecule has 0 aliphatic carbocycles. The van der Waals surface area contributed by atoms with E-state index in [1.165, 1.54) is 38.9 Å². The van der Waals surface area contributed by atoms with Gasteiger partial charge in [-0.2, -0.15) is 0 Å². The van der Waals surface area contributed by atoms with Crippen LogP contribution in [-0.4, -0.2) is 63.6 Å². The summed E-state index contributed by atoms with van der Waals surface area (Å²) in [5.41, 5.74) is 0. The maximum Gasteiger partial charge on any atom is 0.209 e. The van der Waals surface area contributed by atoms with E-state index in [2.05, 4.69) is 39.6 Å². The van der Waals surface area contributed by atoms with Crippen LogP contribution in [0.2, 0.25) is 0 Å². The van der Waals surface area contributed by atoms with Gasteiger partial charge in [-0.25, -0.2) is 4.68 Å². The summed E-state index contributed by atoms with van der Waals surface area (Å²) in [6.45, 7) is 11.0. The lowest BCUT2D eigenvalue weighted by molar-refractivity contribution is 0.341. The Morgan fingerprint density at radius 1 is 1.24 bits per heavy atom. The van der Waals surface area contributed by atoms with Crippen molar-refractivity contribution in [3.63, 3.8) is 0 Å². The fourth-order valence-electron chi connectivity index (χ4n) is 2.47. The first kappa shape index (κ1) is 16.7. The fraction of sp³-hybridized carbons (Fsp3) is 0.929.